The number of carbonyl (C=O) groups excluding carboxylic acids is 1. The molecule has 11 heteroatoms. The second-order valence-electron chi connectivity index (χ2n) is 7.43. The molecule has 0 saturated carbocycles. The number of nitrogens with zero attached hydrogens (tertiary/aromatic N) is 4. The van der Waals surface area contributed by atoms with Gasteiger partial charge in [0, 0.05) is 12.7 Å². The molecule has 0 spiro atoms. The number of carbonyl (C=O) groups is 1. The highest BCUT2D eigenvalue weighted by Crippen LogP contribution is 2.26. The first-order chi connectivity index (χ1) is 16.4. The summed E-state index contributed by atoms with van der Waals surface area (Å²) in [5.41, 5.74) is 7.03. The highest BCUT2D eigenvalue weighted by molar-refractivity contribution is 5.87. The Labute approximate surface area is 192 Å². The maximum Gasteiger partial charge on any atom is 0.306 e. The number of benzene rings is 1. The third kappa shape index (κ3) is 5.07. The van der Waals surface area contributed by atoms with Crippen LogP contribution in [-0.2, 0) is 23.7 Å². The normalized spacial score (nSPS) is 11.2. The third-order valence-corrected chi connectivity index (χ3v) is 5.01. The monoisotopic (exact) mass is 463 g/mol. The van der Waals surface area contributed by atoms with Crippen molar-refractivity contribution < 1.29 is 18.1 Å². The minimum atomic E-state index is -3.23. The largest absolute Gasteiger partial charge is 0.380 e. The van der Waals surface area contributed by atoms with Gasteiger partial charge in [0.05, 0.1) is 29.6 Å². The first-order valence-corrected chi connectivity index (χ1v) is 10.2. The molecule has 3 heterocycles. The van der Waals surface area contributed by atoms with Gasteiger partial charge in [0.25, 0.3) is 0 Å². The summed E-state index contributed by atoms with van der Waals surface area (Å²) in [5, 5.41) is 19.0. The number of nitrogens with one attached hydrogen (secondary N) is 2. The van der Waals surface area contributed by atoms with Crippen molar-refractivity contribution in [2.75, 3.05) is 17.6 Å². The fourth-order valence-corrected chi connectivity index (χ4v) is 3.24. The number of hydrogen-bond acceptors (Lipinski definition) is 8. The van der Waals surface area contributed by atoms with Crippen LogP contribution in [-0.4, -0.2) is 27.6 Å². The number of amides is 1. The molecule has 0 unspecified atom stereocenters. The van der Waals surface area contributed by atoms with Gasteiger partial charge in [0.2, 0.25) is 5.91 Å². The van der Waals surface area contributed by atoms with E-state index < -0.39 is 18.4 Å². The van der Waals surface area contributed by atoms with E-state index in [2.05, 4.69) is 25.8 Å². The van der Waals surface area contributed by atoms with E-state index in [0.29, 0.717) is 11.0 Å². The van der Waals surface area contributed by atoms with Gasteiger partial charge < -0.3 is 20.9 Å². The first kappa shape index (κ1) is 22.6. The molecule has 3 aromatic heterocycles. The standard InChI is InChI=1S/C23H19F2N7O2/c24-23(25,19-3-1-2-8-28-19)13-30-20-7-5-15(11-26)17(31-20)10-21(33)29-12-14-4-6-18-16(9-14)22(27)32-34-18/h1-9H,10,12-13H2,(H2,27,32)(H,29,33)(H,30,31). The van der Waals surface area contributed by atoms with Gasteiger partial charge >= 0.3 is 5.92 Å². The molecule has 9 nitrogen and oxygen atoms in total. The Kier molecular flexibility index (Phi) is 6.31. The molecule has 4 N–H and O–H groups in total. The maximum atomic E-state index is 14.4. The molecular weight excluding hydrogens is 444 g/mol. The highest BCUT2D eigenvalue weighted by atomic mass is 19.3. The summed E-state index contributed by atoms with van der Waals surface area (Å²) in [7, 11) is 0. The summed E-state index contributed by atoms with van der Waals surface area (Å²) >= 11 is 0. The van der Waals surface area contributed by atoms with Gasteiger partial charge in [-0.05, 0) is 42.0 Å². The van der Waals surface area contributed by atoms with Crippen LogP contribution in [0.5, 0.6) is 0 Å². The number of nitrogens with two attached hydrogens (primary N) is 1. The van der Waals surface area contributed by atoms with Gasteiger partial charge in [0.15, 0.2) is 11.4 Å². The van der Waals surface area contributed by atoms with E-state index in [1.165, 1.54) is 30.5 Å². The lowest BCUT2D eigenvalue weighted by atomic mass is 10.1. The SMILES string of the molecule is N#Cc1ccc(NCC(F)(F)c2ccccn2)nc1CC(=O)NCc1ccc2onc(N)c2c1. The predicted octanol–water partition coefficient (Wildman–Crippen LogP) is 3.13. The van der Waals surface area contributed by atoms with Crippen molar-refractivity contribution >= 4 is 28.5 Å². The molecule has 34 heavy (non-hydrogen) atoms. The molecule has 0 aliphatic rings. The average Bonchev–Trinajstić information content (AvgIpc) is 3.22. The van der Waals surface area contributed by atoms with Crippen molar-refractivity contribution in [3.05, 3.63) is 77.2 Å². The maximum absolute atomic E-state index is 14.4. The van der Waals surface area contributed by atoms with Gasteiger partial charge in [-0.2, -0.15) is 14.0 Å². The summed E-state index contributed by atoms with van der Waals surface area (Å²) in [6, 6.07) is 14.3. The molecule has 4 rings (SSSR count). The van der Waals surface area contributed by atoms with Crippen molar-refractivity contribution in [2.45, 2.75) is 18.9 Å². The molecule has 1 amide bonds. The Bertz CT molecular complexity index is 1370. The minimum absolute atomic E-state index is 0.116. The number of halogens is 2. The Morgan fingerprint density at radius 2 is 2.06 bits per heavy atom. The number of nitrogen functional groups attached to an aromatic ring is 1. The van der Waals surface area contributed by atoms with E-state index in [1.54, 1.807) is 24.3 Å². The number of hydrogen-bond donors (Lipinski definition) is 3. The molecule has 0 bridgehead atoms. The molecule has 0 atom stereocenters. The smallest absolute Gasteiger partial charge is 0.306 e. The second-order valence-corrected chi connectivity index (χ2v) is 7.43. The lowest BCUT2D eigenvalue weighted by Crippen LogP contribution is -2.27. The molecule has 1 aromatic carbocycles. The fourth-order valence-electron chi connectivity index (χ4n) is 3.24. The Morgan fingerprint density at radius 1 is 1.21 bits per heavy atom. The summed E-state index contributed by atoms with van der Waals surface area (Å²) in [4.78, 5) is 20.4. The second kappa shape index (κ2) is 9.50. The van der Waals surface area contributed by atoms with Crippen LogP contribution in [0.25, 0.3) is 11.0 Å². The van der Waals surface area contributed by atoms with Crippen LogP contribution < -0.4 is 16.4 Å². The molecular formula is C23H19F2N7O2. The van der Waals surface area contributed by atoms with E-state index in [1.807, 2.05) is 6.07 Å². The van der Waals surface area contributed by atoms with Crippen molar-refractivity contribution in [3.63, 3.8) is 0 Å². The highest BCUT2D eigenvalue weighted by Gasteiger charge is 2.32. The predicted molar refractivity (Wildman–Crippen MR) is 120 cm³/mol. The molecule has 172 valence electrons. The zero-order valence-electron chi connectivity index (χ0n) is 17.8. The molecule has 0 aliphatic heterocycles. The van der Waals surface area contributed by atoms with Crippen LogP contribution in [0.2, 0.25) is 0 Å². The Morgan fingerprint density at radius 3 is 2.82 bits per heavy atom. The Hall–Kier alpha value is -4.59. The lowest BCUT2D eigenvalue weighted by molar-refractivity contribution is -0.120. The Balaban J connectivity index is 1.40. The number of aromatic nitrogens is 3. The topological polar surface area (TPSA) is 143 Å². The van der Waals surface area contributed by atoms with Gasteiger partial charge in [-0.25, -0.2) is 4.98 Å². The number of fused-ring (bicyclic) bond motifs is 1. The number of nitriles is 1. The van der Waals surface area contributed by atoms with Crippen molar-refractivity contribution in [1.29, 1.82) is 5.26 Å². The summed E-state index contributed by atoms with van der Waals surface area (Å²) in [6.07, 6.45) is 1.09. The molecule has 0 radical (unpaired) electrons. The van der Waals surface area contributed by atoms with Crippen LogP contribution in [0, 0.1) is 11.3 Å². The van der Waals surface area contributed by atoms with Crippen LogP contribution in [0.15, 0.2) is 59.3 Å². The molecule has 0 saturated heterocycles. The van der Waals surface area contributed by atoms with Crippen LogP contribution >= 0.6 is 0 Å². The third-order valence-electron chi connectivity index (χ3n) is 5.01. The molecule has 0 fully saturated rings. The van der Waals surface area contributed by atoms with Crippen molar-refractivity contribution in [2.24, 2.45) is 0 Å². The van der Waals surface area contributed by atoms with Crippen molar-refractivity contribution in [3.8, 4) is 6.07 Å². The van der Waals surface area contributed by atoms with Crippen LogP contribution in [0.3, 0.4) is 0 Å². The summed E-state index contributed by atoms with van der Waals surface area (Å²) < 4.78 is 33.8. The summed E-state index contributed by atoms with van der Waals surface area (Å²) in [5.74, 6) is -3.25. The number of rotatable bonds is 8. The van der Waals surface area contributed by atoms with E-state index in [-0.39, 0.29) is 41.6 Å². The zero-order valence-corrected chi connectivity index (χ0v) is 17.8. The zero-order chi connectivity index (χ0) is 24.1. The van der Waals surface area contributed by atoms with E-state index in [4.69, 9.17) is 10.3 Å². The van der Waals surface area contributed by atoms with Crippen LogP contribution in [0.4, 0.5) is 20.4 Å². The average molecular weight is 463 g/mol. The summed E-state index contributed by atoms with van der Waals surface area (Å²) in [6.45, 7) is -0.543. The minimum Gasteiger partial charge on any atom is -0.380 e. The van der Waals surface area contributed by atoms with Gasteiger partial charge in [-0.3, -0.25) is 9.78 Å². The van der Waals surface area contributed by atoms with Crippen molar-refractivity contribution in [1.82, 2.24) is 20.4 Å². The van der Waals surface area contributed by atoms with E-state index in [9.17, 15) is 18.8 Å². The quantitative estimate of drug-likeness (QED) is 0.362. The number of anilines is 2. The van der Waals surface area contributed by atoms with E-state index >= 15 is 0 Å². The lowest BCUT2D eigenvalue weighted by Gasteiger charge is -2.17. The van der Waals surface area contributed by atoms with Gasteiger partial charge in [-0.15, -0.1) is 0 Å². The molecule has 4 aromatic rings. The van der Waals surface area contributed by atoms with Gasteiger partial charge in [0.1, 0.15) is 17.6 Å². The van der Waals surface area contributed by atoms with Crippen LogP contribution in [0.1, 0.15) is 22.5 Å². The number of alkyl halides is 2. The number of pyridine rings is 2. The van der Waals surface area contributed by atoms with Gasteiger partial charge in [-0.1, -0.05) is 17.3 Å². The molecule has 0 aliphatic carbocycles. The first-order valence-electron chi connectivity index (χ1n) is 10.2. The van der Waals surface area contributed by atoms with E-state index in [0.717, 1.165) is 5.56 Å². The fraction of sp³-hybridized carbons (Fsp3) is 0.174.